The third-order valence-corrected chi connectivity index (χ3v) is 3.32. The predicted molar refractivity (Wildman–Crippen MR) is 76.4 cm³/mol. The van der Waals surface area contributed by atoms with Crippen molar-refractivity contribution in [3.63, 3.8) is 0 Å². The molecule has 0 fully saturated rings. The van der Waals surface area contributed by atoms with E-state index in [2.05, 4.69) is 10.3 Å². The van der Waals surface area contributed by atoms with Gasteiger partial charge in [-0.1, -0.05) is 32.0 Å². The van der Waals surface area contributed by atoms with Gasteiger partial charge in [0, 0.05) is 11.4 Å². The molecule has 4 nitrogen and oxygen atoms in total. The first-order valence-corrected chi connectivity index (χ1v) is 6.58. The topological polar surface area (TPSA) is 62.0 Å². The molecule has 1 amide bonds. The monoisotopic (exact) mass is 258 g/mol. The molecule has 4 heteroatoms. The van der Waals surface area contributed by atoms with E-state index < -0.39 is 0 Å². The van der Waals surface area contributed by atoms with Crippen molar-refractivity contribution >= 4 is 16.7 Å². The second kappa shape index (κ2) is 5.69. The van der Waals surface area contributed by atoms with E-state index >= 15 is 0 Å². The molecule has 2 rings (SSSR count). The number of benzene rings is 1. The minimum atomic E-state index is -0.229. The number of fused-ring (bicyclic) bond motifs is 1. The summed E-state index contributed by atoms with van der Waals surface area (Å²) in [5.74, 6) is -0.225. The normalized spacial score (nSPS) is 10.9. The molecule has 1 heterocycles. The van der Waals surface area contributed by atoms with Gasteiger partial charge in [-0.15, -0.1) is 0 Å². The number of aromatic nitrogens is 1. The number of amides is 1. The Bertz CT molecular complexity index is 642. The number of H-pyrrole nitrogens is 1. The van der Waals surface area contributed by atoms with Crippen LogP contribution in [0.1, 0.15) is 37.2 Å². The first-order chi connectivity index (χ1) is 9.15. The lowest BCUT2D eigenvalue weighted by Crippen LogP contribution is -2.35. The van der Waals surface area contributed by atoms with Crippen LogP contribution >= 0.6 is 0 Å². The molecule has 0 saturated carbocycles. The predicted octanol–water partition coefficient (Wildman–Crippen LogP) is 2.45. The van der Waals surface area contributed by atoms with Crippen LogP contribution in [0.5, 0.6) is 0 Å². The van der Waals surface area contributed by atoms with Crippen LogP contribution in [0, 0.1) is 0 Å². The molecule has 0 aliphatic rings. The van der Waals surface area contributed by atoms with Gasteiger partial charge in [-0.05, 0) is 30.4 Å². The van der Waals surface area contributed by atoms with Crippen LogP contribution < -0.4 is 10.9 Å². The number of rotatable bonds is 4. The summed E-state index contributed by atoms with van der Waals surface area (Å²) in [4.78, 5) is 26.6. The average Bonchev–Trinajstić information content (AvgIpc) is 2.44. The number of aromatic amines is 1. The molecule has 19 heavy (non-hydrogen) atoms. The maximum atomic E-state index is 12.1. The highest BCUT2D eigenvalue weighted by Gasteiger charge is 2.12. The van der Waals surface area contributed by atoms with Gasteiger partial charge in [0.1, 0.15) is 5.69 Å². The summed E-state index contributed by atoms with van der Waals surface area (Å²) in [7, 11) is 0. The average molecular weight is 258 g/mol. The lowest BCUT2D eigenvalue weighted by atomic mass is 10.1. The molecular weight excluding hydrogens is 240 g/mol. The number of pyridine rings is 1. The third-order valence-electron chi connectivity index (χ3n) is 3.32. The summed E-state index contributed by atoms with van der Waals surface area (Å²) in [6.07, 6.45) is 1.75. The molecule has 100 valence electrons. The molecule has 0 bridgehead atoms. The molecule has 0 aliphatic heterocycles. The van der Waals surface area contributed by atoms with Crippen molar-refractivity contribution in [2.75, 3.05) is 0 Å². The Hall–Kier alpha value is -2.10. The SMILES string of the molecule is CCC(CC)NC(=O)c1cc2ccccc2c(=O)[nH]1. The van der Waals surface area contributed by atoms with Crippen LogP contribution in [0.2, 0.25) is 0 Å². The van der Waals surface area contributed by atoms with Crippen molar-refractivity contribution in [3.8, 4) is 0 Å². The third kappa shape index (κ3) is 2.84. The van der Waals surface area contributed by atoms with Crippen LogP contribution in [-0.4, -0.2) is 16.9 Å². The maximum Gasteiger partial charge on any atom is 0.268 e. The number of nitrogens with one attached hydrogen (secondary N) is 2. The van der Waals surface area contributed by atoms with Gasteiger partial charge in [-0.25, -0.2) is 0 Å². The summed E-state index contributed by atoms with van der Waals surface area (Å²) in [5.41, 5.74) is 0.0865. The number of carbonyl (C=O) groups is 1. The molecule has 0 atom stereocenters. The van der Waals surface area contributed by atoms with Crippen molar-refractivity contribution in [1.29, 1.82) is 0 Å². The number of carbonyl (C=O) groups excluding carboxylic acids is 1. The molecule has 0 saturated heterocycles. The van der Waals surface area contributed by atoms with Gasteiger partial charge < -0.3 is 10.3 Å². The second-order valence-corrected chi connectivity index (χ2v) is 4.59. The second-order valence-electron chi connectivity index (χ2n) is 4.59. The van der Waals surface area contributed by atoms with Crippen molar-refractivity contribution in [3.05, 3.63) is 46.4 Å². The van der Waals surface area contributed by atoms with Crippen LogP contribution in [0.4, 0.5) is 0 Å². The maximum absolute atomic E-state index is 12.1. The Morgan fingerprint density at radius 2 is 1.95 bits per heavy atom. The van der Waals surface area contributed by atoms with Crippen molar-refractivity contribution < 1.29 is 4.79 Å². The summed E-state index contributed by atoms with van der Waals surface area (Å²) >= 11 is 0. The van der Waals surface area contributed by atoms with E-state index in [0.717, 1.165) is 18.2 Å². The minimum absolute atomic E-state index is 0.141. The van der Waals surface area contributed by atoms with Gasteiger partial charge >= 0.3 is 0 Å². The van der Waals surface area contributed by atoms with E-state index in [9.17, 15) is 9.59 Å². The van der Waals surface area contributed by atoms with E-state index in [1.165, 1.54) is 0 Å². The van der Waals surface area contributed by atoms with Crippen molar-refractivity contribution in [2.45, 2.75) is 32.7 Å². The molecule has 2 N–H and O–H groups in total. The van der Waals surface area contributed by atoms with Gasteiger partial charge in [-0.3, -0.25) is 9.59 Å². The van der Waals surface area contributed by atoms with Gasteiger partial charge in [0.2, 0.25) is 0 Å². The molecule has 0 unspecified atom stereocenters. The highest BCUT2D eigenvalue weighted by atomic mass is 16.2. The number of hydrogen-bond donors (Lipinski definition) is 2. The Labute approximate surface area is 111 Å². The fourth-order valence-corrected chi connectivity index (χ4v) is 2.09. The Morgan fingerprint density at radius 1 is 1.26 bits per heavy atom. The quantitative estimate of drug-likeness (QED) is 0.884. The first kappa shape index (κ1) is 13.3. The van der Waals surface area contributed by atoms with E-state index in [4.69, 9.17) is 0 Å². The zero-order chi connectivity index (χ0) is 13.8. The van der Waals surface area contributed by atoms with Gasteiger partial charge in [0.15, 0.2) is 0 Å². The highest BCUT2D eigenvalue weighted by Crippen LogP contribution is 2.10. The van der Waals surface area contributed by atoms with Gasteiger partial charge in [0.05, 0.1) is 0 Å². The zero-order valence-electron chi connectivity index (χ0n) is 11.2. The van der Waals surface area contributed by atoms with E-state index in [0.29, 0.717) is 11.1 Å². The Morgan fingerprint density at radius 3 is 2.63 bits per heavy atom. The summed E-state index contributed by atoms with van der Waals surface area (Å²) < 4.78 is 0. The van der Waals surface area contributed by atoms with Crippen LogP contribution in [0.25, 0.3) is 10.8 Å². The molecule has 0 spiro atoms. The van der Waals surface area contributed by atoms with Gasteiger partial charge in [0.25, 0.3) is 11.5 Å². The van der Waals surface area contributed by atoms with Crippen LogP contribution in [0.3, 0.4) is 0 Å². The first-order valence-electron chi connectivity index (χ1n) is 6.58. The van der Waals surface area contributed by atoms with E-state index in [1.54, 1.807) is 12.1 Å². The molecule has 1 aromatic carbocycles. The smallest absolute Gasteiger partial charge is 0.268 e. The molecule has 0 radical (unpaired) electrons. The standard InChI is InChI=1S/C15H18N2O2/c1-3-11(4-2)16-15(19)13-9-10-7-5-6-8-12(10)14(18)17-13/h5-9,11H,3-4H2,1-2H3,(H,16,19)(H,17,18). The zero-order valence-corrected chi connectivity index (χ0v) is 11.2. The van der Waals surface area contributed by atoms with Crippen LogP contribution in [0.15, 0.2) is 35.1 Å². The summed E-state index contributed by atoms with van der Waals surface area (Å²) in [6, 6.07) is 9.10. The lowest BCUT2D eigenvalue weighted by Gasteiger charge is -2.14. The van der Waals surface area contributed by atoms with Crippen LogP contribution in [-0.2, 0) is 0 Å². The lowest BCUT2D eigenvalue weighted by molar-refractivity contribution is 0.0930. The van der Waals surface area contributed by atoms with Crippen molar-refractivity contribution in [1.82, 2.24) is 10.3 Å². The van der Waals surface area contributed by atoms with Crippen molar-refractivity contribution in [2.24, 2.45) is 0 Å². The number of hydrogen-bond acceptors (Lipinski definition) is 2. The minimum Gasteiger partial charge on any atom is -0.348 e. The molecule has 2 aromatic rings. The fourth-order valence-electron chi connectivity index (χ4n) is 2.09. The molecule has 0 aliphatic carbocycles. The Balaban J connectivity index is 2.35. The summed E-state index contributed by atoms with van der Waals surface area (Å²) in [5, 5.41) is 4.29. The molecular formula is C15H18N2O2. The van der Waals surface area contributed by atoms with E-state index in [1.807, 2.05) is 32.0 Å². The van der Waals surface area contributed by atoms with E-state index in [-0.39, 0.29) is 17.5 Å². The largest absolute Gasteiger partial charge is 0.348 e. The molecule has 1 aromatic heterocycles. The Kier molecular flexibility index (Phi) is 4.00. The summed E-state index contributed by atoms with van der Waals surface area (Å²) in [6.45, 7) is 4.05. The fraction of sp³-hybridized carbons (Fsp3) is 0.333. The highest BCUT2D eigenvalue weighted by molar-refractivity contribution is 5.96. The van der Waals surface area contributed by atoms with Gasteiger partial charge in [-0.2, -0.15) is 0 Å².